The third kappa shape index (κ3) is 3.91. The molecule has 1 saturated heterocycles. The van der Waals surface area contributed by atoms with Crippen molar-refractivity contribution in [2.24, 2.45) is 5.92 Å². The fourth-order valence-corrected chi connectivity index (χ4v) is 2.77. The minimum atomic E-state index is -0.267. The van der Waals surface area contributed by atoms with Gasteiger partial charge in [0.15, 0.2) is 0 Å². The van der Waals surface area contributed by atoms with Gasteiger partial charge in [-0.1, -0.05) is 44.2 Å². The summed E-state index contributed by atoms with van der Waals surface area (Å²) in [5, 5.41) is 3.46. The maximum Gasteiger partial charge on any atom is 0.246 e. The molecule has 0 bridgehead atoms. The number of hydrogen-bond donors (Lipinski definition) is 1. The average Bonchev–Trinajstić information content (AvgIpc) is 2.47. The molecule has 0 aromatic heterocycles. The lowest BCUT2D eigenvalue weighted by Crippen LogP contribution is -2.52. The van der Waals surface area contributed by atoms with E-state index in [1.165, 1.54) is 10.5 Å². The fourth-order valence-electron chi connectivity index (χ4n) is 2.77. The molecule has 4 heteroatoms. The van der Waals surface area contributed by atoms with Gasteiger partial charge in [0.2, 0.25) is 11.8 Å². The average molecular weight is 288 g/mol. The van der Waals surface area contributed by atoms with Gasteiger partial charge in [-0.2, -0.15) is 0 Å². The van der Waals surface area contributed by atoms with Gasteiger partial charge in [0.1, 0.15) is 0 Å². The Hall–Kier alpha value is -1.68. The maximum absolute atomic E-state index is 12.2. The van der Waals surface area contributed by atoms with E-state index >= 15 is 0 Å². The standard InChI is InChI=1S/C17H24N2O2/c1-12(2)11-15(13-7-5-4-6-8-13)18-14-9-10-16(20)19(3)17(14)21/h4-8,12,14-15,18H,9-11H2,1-3H3. The van der Waals surface area contributed by atoms with Crippen LogP contribution in [-0.2, 0) is 9.59 Å². The van der Waals surface area contributed by atoms with E-state index in [0.29, 0.717) is 18.8 Å². The molecular weight excluding hydrogens is 264 g/mol. The molecule has 0 radical (unpaired) electrons. The van der Waals surface area contributed by atoms with Crippen molar-refractivity contribution in [3.05, 3.63) is 35.9 Å². The van der Waals surface area contributed by atoms with Gasteiger partial charge in [0.05, 0.1) is 6.04 Å². The first-order chi connectivity index (χ1) is 9.99. The lowest BCUT2D eigenvalue weighted by atomic mass is 9.94. The van der Waals surface area contributed by atoms with Crippen molar-refractivity contribution in [3.8, 4) is 0 Å². The highest BCUT2D eigenvalue weighted by Crippen LogP contribution is 2.24. The van der Waals surface area contributed by atoms with E-state index in [9.17, 15) is 9.59 Å². The van der Waals surface area contributed by atoms with E-state index in [-0.39, 0.29) is 23.9 Å². The Labute approximate surface area is 126 Å². The van der Waals surface area contributed by atoms with Gasteiger partial charge >= 0.3 is 0 Å². The molecular formula is C17H24N2O2. The smallest absolute Gasteiger partial charge is 0.246 e. The first-order valence-electron chi connectivity index (χ1n) is 7.60. The minimum absolute atomic E-state index is 0.0850. The quantitative estimate of drug-likeness (QED) is 0.847. The number of imide groups is 1. The summed E-state index contributed by atoms with van der Waals surface area (Å²) in [4.78, 5) is 25.0. The van der Waals surface area contributed by atoms with Crippen LogP contribution in [0.25, 0.3) is 0 Å². The van der Waals surface area contributed by atoms with E-state index in [0.717, 1.165) is 6.42 Å². The Morgan fingerprint density at radius 2 is 1.90 bits per heavy atom. The summed E-state index contributed by atoms with van der Waals surface area (Å²) in [5.74, 6) is 0.329. The van der Waals surface area contributed by atoms with E-state index in [1.54, 1.807) is 7.05 Å². The molecule has 21 heavy (non-hydrogen) atoms. The lowest BCUT2D eigenvalue weighted by molar-refractivity contribution is -0.148. The molecule has 2 rings (SSSR count). The van der Waals surface area contributed by atoms with E-state index in [1.807, 2.05) is 18.2 Å². The molecule has 1 heterocycles. The second-order valence-electron chi connectivity index (χ2n) is 6.14. The van der Waals surface area contributed by atoms with Crippen LogP contribution >= 0.6 is 0 Å². The van der Waals surface area contributed by atoms with E-state index in [2.05, 4.69) is 31.3 Å². The molecule has 2 atom stereocenters. The zero-order chi connectivity index (χ0) is 15.4. The second-order valence-corrected chi connectivity index (χ2v) is 6.14. The Morgan fingerprint density at radius 1 is 1.24 bits per heavy atom. The van der Waals surface area contributed by atoms with Gasteiger partial charge in [-0.25, -0.2) is 0 Å². The number of amides is 2. The molecule has 1 aromatic rings. The van der Waals surface area contributed by atoms with Crippen LogP contribution in [0.3, 0.4) is 0 Å². The molecule has 0 spiro atoms. The molecule has 1 aliphatic heterocycles. The van der Waals surface area contributed by atoms with Crippen molar-refractivity contribution in [2.75, 3.05) is 7.05 Å². The number of nitrogens with one attached hydrogen (secondary N) is 1. The number of rotatable bonds is 5. The molecule has 1 fully saturated rings. The Bertz CT molecular complexity index is 499. The highest BCUT2D eigenvalue weighted by atomic mass is 16.2. The van der Waals surface area contributed by atoms with E-state index in [4.69, 9.17) is 0 Å². The Balaban J connectivity index is 2.12. The number of benzene rings is 1. The number of hydrogen-bond acceptors (Lipinski definition) is 3. The van der Waals surface area contributed by atoms with Gasteiger partial charge < -0.3 is 0 Å². The van der Waals surface area contributed by atoms with Crippen molar-refractivity contribution < 1.29 is 9.59 Å². The van der Waals surface area contributed by atoms with E-state index < -0.39 is 0 Å². The zero-order valence-electron chi connectivity index (χ0n) is 13.0. The van der Waals surface area contributed by atoms with Gasteiger partial charge in [-0.3, -0.25) is 19.8 Å². The van der Waals surface area contributed by atoms with Crippen LogP contribution in [0.4, 0.5) is 0 Å². The van der Waals surface area contributed by atoms with Gasteiger partial charge in [0.25, 0.3) is 0 Å². The summed E-state index contributed by atoms with van der Waals surface area (Å²) >= 11 is 0. The SMILES string of the molecule is CC(C)CC(NC1CCC(=O)N(C)C1=O)c1ccccc1. The van der Waals surface area contributed by atoms with Crippen LogP contribution < -0.4 is 5.32 Å². The summed E-state index contributed by atoms with van der Waals surface area (Å²) in [5.41, 5.74) is 1.19. The minimum Gasteiger partial charge on any atom is -0.299 e. The number of likely N-dealkylation sites (tertiary alicyclic amines) is 1. The Kier molecular flexibility index (Phi) is 5.12. The Morgan fingerprint density at radius 3 is 2.52 bits per heavy atom. The third-order valence-electron chi connectivity index (χ3n) is 3.96. The van der Waals surface area contributed by atoms with Gasteiger partial charge in [0, 0.05) is 19.5 Å². The first kappa shape index (κ1) is 15.7. The number of nitrogens with zero attached hydrogens (tertiary/aromatic N) is 1. The summed E-state index contributed by atoms with van der Waals surface area (Å²) in [6.45, 7) is 4.35. The van der Waals surface area contributed by atoms with Crippen LogP contribution in [0, 0.1) is 5.92 Å². The van der Waals surface area contributed by atoms with Gasteiger partial charge in [-0.15, -0.1) is 0 Å². The maximum atomic E-state index is 12.2. The van der Waals surface area contributed by atoms with Crippen molar-refractivity contribution in [1.82, 2.24) is 10.2 Å². The molecule has 0 saturated carbocycles. The van der Waals surface area contributed by atoms with Crippen molar-refractivity contribution in [1.29, 1.82) is 0 Å². The van der Waals surface area contributed by atoms with Gasteiger partial charge in [-0.05, 0) is 24.3 Å². The molecule has 1 aliphatic rings. The van der Waals surface area contributed by atoms with Crippen molar-refractivity contribution in [3.63, 3.8) is 0 Å². The summed E-state index contributed by atoms with van der Waals surface area (Å²) < 4.78 is 0. The first-order valence-corrected chi connectivity index (χ1v) is 7.60. The predicted octanol–water partition coefficient (Wildman–Crippen LogP) is 2.51. The zero-order valence-corrected chi connectivity index (χ0v) is 13.0. The largest absolute Gasteiger partial charge is 0.299 e. The number of carbonyl (C=O) groups excluding carboxylic acids is 2. The molecule has 1 N–H and O–H groups in total. The topological polar surface area (TPSA) is 49.4 Å². The third-order valence-corrected chi connectivity index (χ3v) is 3.96. The summed E-state index contributed by atoms with van der Waals surface area (Å²) in [7, 11) is 1.57. The molecule has 4 nitrogen and oxygen atoms in total. The van der Waals surface area contributed by atoms with Crippen LogP contribution in [0.5, 0.6) is 0 Å². The second kappa shape index (κ2) is 6.85. The predicted molar refractivity (Wildman–Crippen MR) is 82.6 cm³/mol. The van der Waals surface area contributed by atoms with Crippen molar-refractivity contribution in [2.45, 2.75) is 45.2 Å². The highest BCUT2D eigenvalue weighted by molar-refractivity contribution is 6.00. The van der Waals surface area contributed by atoms with Crippen LogP contribution in [0.2, 0.25) is 0 Å². The fraction of sp³-hybridized carbons (Fsp3) is 0.529. The molecule has 114 valence electrons. The number of piperidine rings is 1. The normalized spacial score (nSPS) is 21.0. The lowest BCUT2D eigenvalue weighted by Gasteiger charge is -2.32. The molecule has 2 unspecified atom stereocenters. The highest BCUT2D eigenvalue weighted by Gasteiger charge is 2.33. The summed E-state index contributed by atoms with van der Waals surface area (Å²) in [6.07, 6.45) is 1.98. The summed E-state index contributed by atoms with van der Waals surface area (Å²) in [6, 6.07) is 10.1. The number of likely N-dealkylation sites (N-methyl/N-ethyl adjacent to an activating group) is 1. The molecule has 1 aromatic carbocycles. The van der Waals surface area contributed by atoms with Crippen LogP contribution in [0.15, 0.2) is 30.3 Å². The molecule has 2 amide bonds. The number of carbonyl (C=O) groups is 2. The monoisotopic (exact) mass is 288 g/mol. The van der Waals surface area contributed by atoms with Crippen LogP contribution in [0.1, 0.15) is 44.7 Å². The van der Waals surface area contributed by atoms with Crippen LogP contribution in [-0.4, -0.2) is 29.8 Å². The molecule has 0 aliphatic carbocycles. The van der Waals surface area contributed by atoms with Crippen molar-refractivity contribution >= 4 is 11.8 Å².